The monoisotopic (exact) mass is 344 g/mol. The maximum atomic E-state index is 13.2. The van der Waals surface area contributed by atoms with Crippen LogP contribution < -0.4 is 5.32 Å². The van der Waals surface area contributed by atoms with Crippen molar-refractivity contribution in [1.82, 2.24) is 0 Å². The third-order valence-electron chi connectivity index (χ3n) is 2.15. The molecule has 0 atom stereocenters. The Morgan fingerprint density at radius 3 is 2.68 bits per heavy atom. The Kier molecular flexibility index (Phi) is 3.91. The van der Waals surface area contributed by atoms with Crippen molar-refractivity contribution in [3.8, 4) is 0 Å². The summed E-state index contributed by atoms with van der Waals surface area (Å²) >= 11 is 4.42. The van der Waals surface area contributed by atoms with Crippen molar-refractivity contribution in [3.63, 3.8) is 0 Å². The number of amides is 1. The molecule has 1 aromatic heterocycles. The lowest BCUT2D eigenvalue weighted by Crippen LogP contribution is -2.10. The van der Waals surface area contributed by atoms with E-state index in [0.717, 1.165) is 22.0 Å². The van der Waals surface area contributed by atoms with Crippen molar-refractivity contribution < 1.29 is 14.1 Å². The molecule has 0 aliphatic carbocycles. The summed E-state index contributed by atoms with van der Waals surface area (Å²) in [6.07, 6.45) is 0. The molecule has 1 heterocycles. The van der Waals surface area contributed by atoms with Gasteiger partial charge in [-0.1, -0.05) is 0 Å². The summed E-state index contributed by atoms with van der Waals surface area (Å²) in [6, 6.07) is 6.21. The lowest BCUT2D eigenvalue weighted by molar-refractivity contribution is -0.385. The molecule has 1 N–H and O–H groups in total. The van der Waals surface area contributed by atoms with Gasteiger partial charge in [0.1, 0.15) is 5.82 Å². The Hall–Kier alpha value is -1.80. The predicted molar refractivity (Wildman–Crippen MR) is 73.0 cm³/mol. The van der Waals surface area contributed by atoms with Crippen LogP contribution in [0.5, 0.6) is 0 Å². The number of non-ortho nitro benzene ring substituents is 1. The van der Waals surface area contributed by atoms with Gasteiger partial charge in [-0.25, -0.2) is 4.39 Å². The molecule has 0 radical (unpaired) electrons. The Morgan fingerprint density at radius 2 is 2.11 bits per heavy atom. The van der Waals surface area contributed by atoms with Crippen LogP contribution in [-0.4, -0.2) is 10.8 Å². The third-order valence-corrected chi connectivity index (χ3v) is 3.77. The van der Waals surface area contributed by atoms with Crippen molar-refractivity contribution in [2.45, 2.75) is 0 Å². The van der Waals surface area contributed by atoms with E-state index >= 15 is 0 Å². The Bertz CT molecular complexity index is 659. The highest BCUT2D eigenvalue weighted by Crippen LogP contribution is 2.24. The standard InChI is InChI=1S/C11H6BrFN2O3S/c12-10-2-1-9(19-10)11(16)14-7-3-6(13)4-8(5-7)15(17)18/h1-5H,(H,14,16). The number of anilines is 1. The Balaban J connectivity index is 2.23. The maximum absolute atomic E-state index is 13.2. The average Bonchev–Trinajstić information content (AvgIpc) is 2.75. The van der Waals surface area contributed by atoms with Gasteiger partial charge in [0.2, 0.25) is 0 Å². The van der Waals surface area contributed by atoms with Crippen LogP contribution in [0.3, 0.4) is 0 Å². The predicted octanol–water partition coefficient (Wildman–Crippen LogP) is 3.81. The molecule has 1 aromatic carbocycles. The summed E-state index contributed by atoms with van der Waals surface area (Å²) in [5, 5.41) is 13.0. The number of carbonyl (C=O) groups is 1. The van der Waals surface area contributed by atoms with E-state index in [2.05, 4.69) is 21.2 Å². The molecular weight excluding hydrogens is 339 g/mol. The van der Waals surface area contributed by atoms with E-state index in [0.29, 0.717) is 4.88 Å². The highest BCUT2D eigenvalue weighted by molar-refractivity contribution is 9.11. The van der Waals surface area contributed by atoms with Crippen molar-refractivity contribution in [2.75, 3.05) is 5.32 Å². The van der Waals surface area contributed by atoms with E-state index in [1.165, 1.54) is 11.3 Å². The van der Waals surface area contributed by atoms with Gasteiger partial charge in [-0.15, -0.1) is 11.3 Å². The van der Waals surface area contributed by atoms with Crippen LogP contribution in [0.4, 0.5) is 15.8 Å². The van der Waals surface area contributed by atoms with E-state index in [1.807, 2.05) is 0 Å². The van der Waals surface area contributed by atoms with Gasteiger partial charge in [-0.2, -0.15) is 0 Å². The highest BCUT2D eigenvalue weighted by Gasteiger charge is 2.13. The number of hydrogen-bond acceptors (Lipinski definition) is 4. The smallest absolute Gasteiger partial charge is 0.274 e. The summed E-state index contributed by atoms with van der Waals surface area (Å²) in [5.41, 5.74) is -0.371. The summed E-state index contributed by atoms with van der Waals surface area (Å²) in [7, 11) is 0. The summed E-state index contributed by atoms with van der Waals surface area (Å²) in [4.78, 5) is 22.1. The second-order valence-electron chi connectivity index (χ2n) is 3.51. The lowest BCUT2D eigenvalue weighted by atomic mass is 10.2. The van der Waals surface area contributed by atoms with Gasteiger partial charge in [0.25, 0.3) is 11.6 Å². The quantitative estimate of drug-likeness (QED) is 0.679. The van der Waals surface area contributed by atoms with Crippen LogP contribution in [0.2, 0.25) is 0 Å². The first-order valence-corrected chi connectivity index (χ1v) is 6.58. The van der Waals surface area contributed by atoms with Crippen molar-refractivity contribution in [3.05, 3.63) is 54.9 Å². The molecule has 98 valence electrons. The zero-order chi connectivity index (χ0) is 14.0. The molecule has 0 saturated heterocycles. The molecule has 0 aliphatic rings. The molecule has 1 amide bonds. The van der Waals surface area contributed by atoms with Gasteiger partial charge in [0, 0.05) is 6.07 Å². The first-order valence-electron chi connectivity index (χ1n) is 4.97. The van der Waals surface area contributed by atoms with Crippen LogP contribution >= 0.6 is 27.3 Å². The van der Waals surface area contributed by atoms with Crippen molar-refractivity contribution >= 4 is 44.5 Å². The fraction of sp³-hybridized carbons (Fsp3) is 0. The van der Waals surface area contributed by atoms with Crippen LogP contribution in [0.1, 0.15) is 9.67 Å². The minimum absolute atomic E-state index is 0.0428. The minimum atomic E-state index is -0.781. The first-order chi connectivity index (χ1) is 8.95. The number of benzene rings is 1. The number of carbonyl (C=O) groups excluding carboxylic acids is 1. The van der Waals surface area contributed by atoms with Crippen molar-refractivity contribution in [1.29, 1.82) is 0 Å². The van der Waals surface area contributed by atoms with Gasteiger partial charge in [0.15, 0.2) is 0 Å². The molecule has 2 rings (SSSR count). The number of nitro groups is 1. The first kappa shape index (κ1) is 13.6. The largest absolute Gasteiger partial charge is 0.321 e. The van der Waals surface area contributed by atoms with Gasteiger partial charge in [-0.3, -0.25) is 14.9 Å². The topological polar surface area (TPSA) is 72.2 Å². The molecule has 0 aliphatic heterocycles. The van der Waals surface area contributed by atoms with E-state index in [-0.39, 0.29) is 5.69 Å². The number of nitro benzene ring substituents is 1. The number of halogens is 2. The van der Waals surface area contributed by atoms with Crippen LogP contribution in [0.15, 0.2) is 34.1 Å². The van der Waals surface area contributed by atoms with Crippen LogP contribution in [0.25, 0.3) is 0 Å². The van der Waals surface area contributed by atoms with Gasteiger partial charge >= 0.3 is 0 Å². The Morgan fingerprint density at radius 1 is 1.37 bits per heavy atom. The van der Waals surface area contributed by atoms with Crippen molar-refractivity contribution in [2.24, 2.45) is 0 Å². The third kappa shape index (κ3) is 3.36. The molecule has 0 fully saturated rings. The average molecular weight is 345 g/mol. The zero-order valence-corrected chi connectivity index (χ0v) is 11.6. The number of thiophene rings is 1. The van der Waals surface area contributed by atoms with Crippen LogP contribution in [0, 0.1) is 15.9 Å². The second kappa shape index (κ2) is 5.45. The van der Waals surface area contributed by atoms with Gasteiger partial charge < -0.3 is 5.32 Å². The number of nitrogens with one attached hydrogen (secondary N) is 1. The maximum Gasteiger partial charge on any atom is 0.274 e. The SMILES string of the molecule is O=C(Nc1cc(F)cc([N+](=O)[O-])c1)c1ccc(Br)s1. The Labute approximate surface area is 119 Å². The summed E-state index contributed by atoms with van der Waals surface area (Å²) in [5.74, 6) is -1.23. The van der Waals surface area contributed by atoms with Gasteiger partial charge in [0.05, 0.1) is 25.3 Å². The lowest BCUT2D eigenvalue weighted by Gasteiger charge is -2.03. The molecule has 2 aromatic rings. The minimum Gasteiger partial charge on any atom is -0.321 e. The molecule has 0 unspecified atom stereocenters. The second-order valence-corrected chi connectivity index (χ2v) is 5.98. The summed E-state index contributed by atoms with van der Waals surface area (Å²) in [6.45, 7) is 0. The number of rotatable bonds is 3. The van der Waals surface area contributed by atoms with E-state index in [9.17, 15) is 19.3 Å². The zero-order valence-electron chi connectivity index (χ0n) is 9.22. The molecule has 19 heavy (non-hydrogen) atoms. The van der Waals surface area contributed by atoms with E-state index in [1.54, 1.807) is 12.1 Å². The normalized spacial score (nSPS) is 10.2. The molecule has 0 saturated carbocycles. The summed E-state index contributed by atoms with van der Waals surface area (Å²) < 4.78 is 14.0. The molecule has 5 nitrogen and oxygen atoms in total. The fourth-order valence-corrected chi connectivity index (χ4v) is 2.66. The van der Waals surface area contributed by atoms with Crippen LogP contribution in [-0.2, 0) is 0 Å². The van der Waals surface area contributed by atoms with E-state index in [4.69, 9.17) is 0 Å². The van der Waals surface area contributed by atoms with E-state index < -0.39 is 22.3 Å². The number of hydrogen-bond donors (Lipinski definition) is 1. The number of nitrogens with zero attached hydrogens (tertiary/aromatic N) is 1. The molecule has 8 heteroatoms. The molecular formula is C11H6BrFN2O3S. The molecule has 0 spiro atoms. The molecule has 0 bridgehead atoms. The highest BCUT2D eigenvalue weighted by atomic mass is 79.9. The van der Waals surface area contributed by atoms with Gasteiger partial charge in [-0.05, 0) is 34.1 Å². The fourth-order valence-electron chi connectivity index (χ4n) is 1.38.